The topological polar surface area (TPSA) is 77.1 Å². The lowest BCUT2D eigenvalue weighted by atomic mass is 9.81. The number of hydrogen-bond donors (Lipinski definition) is 1. The van der Waals surface area contributed by atoms with E-state index in [0.29, 0.717) is 35.9 Å². The number of aromatic nitrogens is 3. The molecular formula is C21H26F2N3O3P. The molecule has 0 bridgehead atoms. The van der Waals surface area contributed by atoms with E-state index in [1.165, 1.54) is 12.4 Å². The van der Waals surface area contributed by atoms with Gasteiger partial charge < -0.3 is 14.0 Å². The Morgan fingerprint density at radius 1 is 1.10 bits per heavy atom. The fraction of sp³-hybridized carbons (Fsp3) is 0.524. The van der Waals surface area contributed by atoms with Crippen LogP contribution in [0.25, 0.3) is 21.9 Å². The molecule has 0 radical (unpaired) electrons. The SMILES string of the molecule is CCOP(=O)(CC1CCC(c2ncnc3c2[nH]c2cc(F)cc(F)c23)CC1)OCC. The lowest BCUT2D eigenvalue weighted by molar-refractivity contribution is 0.210. The predicted octanol–water partition coefficient (Wildman–Crippen LogP) is 5.93. The second-order valence-electron chi connectivity index (χ2n) is 7.76. The monoisotopic (exact) mass is 437 g/mol. The highest BCUT2D eigenvalue weighted by Crippen LogP contribution is 2.52. The van der Waals surface area contributed by atoms with Crippen molar-refractivity contribution in [1.29, 1.82) is 0 Å². The van der Waals surface area contributed by atoms with E-state index in [4.69, 9.17) is 9.05 Å². The van der Waals surface area contributed by atoms with E-state index in [9.17, 15) is 13.3 Å². The van der Waals surface area contributed by atoms with Gasteiger partial charge in [-0.25, -0.2) is 18.7 Å². The number of rotatable bonds is 7. The van der Waals surface area contributed by atoms with Crippen LogP contribution in [0.3, 0.4) is 0 Å². The summed E-state index contributed by atoms with van der Waals surface area (Å²) in [5.74, 6) is -0.829. The summed E-state index contributed by atoms with van der Waals surface area (Å²) in [7, 11) is -3.06. The quantitative estimate of drug-likeness (QED) is 0.464. The fourth-order valence-corrected chi connectivity index (χ4v) is 6.61. The molecule has 2 heterocycles. The van der Waals surface area contributed by atoms with E-state index in [2.05, 4.69) is 15.0 Å². The third-order valence-electron chi connectivity index (χ3n) is 5.79. The van der Waals surface area contributed by atoms with Crippen LogP contribution in [-0.4, -0.2) is 34.3 Å². The van der Waals surface area contributed by atoms with Crippen LogP contribution in [0, 0.1) is 17.6 Å². The Hall–Kier alpha value is -1.89. The molecule has 0 amide bonds. The molecular weight excluding hydrogens is 411 g/mol. The lowest BCUT2D eigenvalue weighted by Gasteiger charge is -2.30. The van der Waals surface area contributed by atoms with Gasteiger partial charge in [0.25, 0.3) is 0 Å². The molecule has 0 saturated heterocycles. The van der Waals surface area contributed by atoms with Crippen molar-refractivity contribution in [2.45, 2.75) is 45.4 Å². The van der Waals surface area contributed by atoms with Crippen molar-refractivity contribution in [3.05, 3.63) is 35.8 Å². The van der Waals surface area contributed by atoms with Crippen LogP contribution in [-0.2, 0) is 13.6 Å². The highest BCUT2D eigenvalue weighted by molar-refractivity contribution is 7.53. The number of benzene rings is 1. The maximum atomic E-state index is 14.3. The third kappa shape index (κ3) is 4.13. The Morgan fingerprint density at radius 3 is 2.47 bits per heavy atom. The second kappa shape index (κ2) is 8.69. The van der Waals surface area contributed by atoms with Crippen molar-refractivity contribution >= 4 is 29.5 Å². The summed E-state index contributed by atoms with van der Waals surface area (Å²) in [5, 5.41) is 0.290. The molecule has 1 N–H and O–H groups in total. The van der Waals surface area contributed by atoms with Crippen molar-refractivity contribution in [2.24, 2.45) is 5.92 Å². The molecule has 1 aromatic carbocycles. The molecule has 6 nitrogen and oxygen atoms in total. The van der Waals surface area contributed by atoms with Crippen LogP contribution < -0.4 is 0 Å². The van der Waals surface area contributed by atoms with E-state index in [1.807, 2.05) is 13.8 Å². The molecule has 0 unspecified atom stereocenters. The summed E-state index contributed by atoms with van der Waals surface area (Å²) in [4.78, 5) is 11.8. The first-order chi connectivity index (χ1) is 14.4. The molecule has 0 spiro atoms. The summed E-state index contributed by atoms with van der Waals surface area (Å²) in [6.07, 6.45) is 5.35. The van der Waals surface area contributed by atoms with E-state index < -0.39 is 19.2 Å². The summed E-state index contributed by atoms with van der Waals surface area (Å²) in [6.45, 7) is 4.36. The lowest BCUT2D eigenvalue weighted by Crippen LogP contribution is -2.18. The van der Waals surface area contributed by atoms with Gasteiger partial charge in [0.15, 0.2) is 0 Å². The standard InChI is InChI=1S/C21H26F2N3O3P/c1-3-28-30(27,29-4-2)11-13-5-7-14(8-6-13)19-21-20(25-12-24-19)18-16(23)9-15(22)10-17(18)26-21/h9-10,12-14,26H,3-8,11H2,1-2H3. The predicted molar refractivity (Wildman–Crippen MR) is 112 cm³/mol. The van der Waals surface area contributed by atoms with Gasteiger partial charge in [-0.2, -0.15) is 0 Å². The first kappa shape index (κ1) is 21.3. The maximum Gasteiger partial charge on any atom is 0.330 e. The smallest absolute Gasteiger partial charge is 0.330 e. The average Bonchev–Trinajstić information content (AvgIpc) is 3.07. The molecule has 4 rings (SSSR count). The van der Waals surface area contributed by atoms with Gasteiger partial charge in [-0.05, 0) is 51.5 Å². The van der Waals surface area contributed by atoms with E-state index in [-0.39, 0.29) is 17.2 Å². The van der Waals surface area contributed by atoms with Gasteiger partial charge >= 0.3 is 7.60 Å². The first-order valence-corrected chi connectivity index (χ1v) is 12.2. The number of nitrogens with one attached hydrogen (secondary N) is 1. The fourth-order valence-electron chi connectivity index (χ4n) is 4.54. The Kier molecular flexibility index (Phi) is 6.19. The van der Waals surface area contributed by atoms with Crippen LogP contribution in [0.5, 0.6) is 0 Å². The third-order valence-corrected chi connectivity index (χ3v) is 8.06. The van der Waals surface area contributed by atoms with Crippen LogP contribution in [0.2, 0.25) is 0 Å². The molecule has 0 aliphatic heterocycles. The van der Waals surface area contributed by atoms with Gasteiger partial charge in [0, 0.05) is 12.0 Å². The van der Waals surface area contributed by atoms with Gasteiger partial charge in [0.2, 0.25) is 0 Å². The van der Waals surface area contributed by atoms with Gasteiger partial charge in [-0.1, -0.05) is 0 Å². The number of nitrogens with zero attached hydrogens (tertiary/aromatic N) is 2. The molecule has 30 heavy (non-hydrogen) atoms. The Morgan fingerprint density at radius 2 is 1.80 bits per heavy atom. The average molecular weight is 437 g/mol. The number of fused-ring (bicyclic) bond motifs is 3. The molecule has 0 atom stereocenters. The van der Waals surface area contributed by atoms with Gasteiger partial charge in [-0.15, -0.1) is 0 Å². The highest BCUT2D eigenvalue weighted by Gasteiger charge is 2.33. The molecule has 3 aromatic rings. The largest absolute Gasteiger partial charge is 0.352 e. The summed E-state index contributed by atoms with van der Waals surface area (Å²) >= 11 is 0. The van der Waals surface area contributed by atoms with Crippen molar-refractivity contribution in [3.63, 3.8) is 0 Å². The minimum Gasteiger partial charge on any atom is -0.352 e. The first-order valence-electron chi connectivity index (χ1n) is 10.4. The van der Waals surface area contributed by atoms with Gasteiger partial charge in [0.1, 0.15) is 23.5 Å². The minimum atomic E-state index is -3.06. The Labute approximate surface area is 173 Å². The Bertz CT molecular complexity index is 1090. The zero-order chi connectivity index (χ0) is 21.3. The second-order valence-corrected chi connectivity index (χ2v) is 9.87. The maximum absolute atomic E-state index is 14.3. The van der Waals surface area contributed by atoms with Crippen molar-refractivity contribution in [1.82, 2.24) is 15.0 Å². The summed E-state index contributed by atoms with van der Waals surface area (Å²) in [5.41, 5.74) is 2.35. The number of aromatic amines is 1. The normalized spacial score (nSPS) is 20.3. The molecule has 1 aliphatic carbocycles. The molecule has 1 aliphatic rings. The minimum absolute atomic E-state index is 0.172. The molecule has 2 aromatic heterocycles. The van der Waals surface area contributed by atoms with Gasteiger partial charge in [0.05, 0.1) is 41.5 Å². The molecule has 9 heteroatoms. The van der Waals surface area contributed by atoms with E-state index in [0.717, 1.165) is 37.4 Å². The summed E-state index contributed by atoms with van der Waals surface area (Å²) < 4.78 is 51.7. The van der Waals surface area contributed by atoms with Crippen molar-refractivity contribution < 1.29 is 22.4 Å². The Balaban J connectivity index is 1.55. The molecule has 162 valence electrons. The summed E-state index contributed by atoms with van der Waals surface area (Å²) in [6, 6.07) is 2.15. The zero-order valence-electron chi connectivity index (χ0n) is 17.2. The van der Waals surface area contributed by atoms with Gasteiger partial charge in [-0.3, -0.25) is 4.57 Å². The van der Waals surface area contributed by atoms with Crippen molar-refractivity contribution in [2.75, 3.05) is 19.4 Å². The van der Waals surface area contributed by atoms with E-state index in [1.54, 1.807) is 0 Å². The van der Waals surface area contributed by atoms with E-state index >= 15 is 0 Å². The number of H-pyrrole nitrogens is 1. The van der Waals surface area contributed by atoms with Crippen LogP contribution in [0.1, 0.15) is 51.1 Å². The number of hydrogen-bond acceptors (Lipinski definition) is 5. The van der Waals surface area contributed by atoms with Crippen LogP contribution in [0.4, 0.5) is 8.78 Å². The zero-order valence-corrected chi connectivity index (χ0v) is 18.1. The molecule has 1 saturated carbocycles. The molecule has 1 fully saturated rings. The van der Waals surface area contributed by atoms with Crippen molar-refractivity contribution in [3.8, 4) is 0 Å². The highest BCUT2D eigenvalue weighted by atomic mass is 31.2. The van der Waals surface area contributed by atoms with Crippen LogP contribution in [0.15, 0.2) is 18.5 Å². The number of halogens is 2. The van der Waals surface area contributed by atoms with Crippen LogP contribution >= 0.6 is 7.60 Å².